The molecule has 228 valence electrons. The molecular weight excluding hydrogens is 613 g/mol. The molecule has 11 nitrogen and oxygen atoms in total. The third kappa shape index (κ3) is 6.55. The summed E-state index contributed by atoms with van der Waals surface area (Å²) in [6, 6.07) is 26.1. The van der Waals surface area contributed by atoms with Crippen LogP contribution >= 0.6 is 11.3 Å². The zero-order valence-electron chi connectivity index (χ0n) is 24.1. The minimum Gasteiger partial charge on any atom is -0.443 e. The van der Waals surface area contributed by atoms with Crippen molar-refractivity contribution in [2.45, 2.75) is 11.4 Å². The number of aromatic nitrogens is 3. The Bertz CT molecular complexity index is 2060. The average molecular weight is 641 g/mol. The Morgan fingerprint density at radius 1 is 0.978 bits per heavy atom. The van der Waals surface area contributed by atoms with Gasteiger partial charge in [-0.1, -0.05) is 36.4 Å². The van der Waals surface area contributed by atoms with Crippen LogP contribution in [0.15, 0.2) is 113 Å². The third-order valence-electron chi connectivity index (χ3n) is 7.08. The zero-order chi connectivity index (χ0) is 31.4. The first-order chi connectivity index (χ1) is 21.8. The maximum absolute atomic E-state index is 13.3. The van der Waals surface area contributed by atoms with E-state index in [-0.39, 0.29) is 35.1 Å². The van der Waals surface area contributed by atoms with E-state index >= 15 is 0 Å². The summed E-state index contributed by atoms with van der Waals surface area (Å²) >= 11 is 1.25. The van der Waals surface area contributed by atoms with Crippen LogP contribution in [0.3, 0.4) is 0 Å². The molecule has 3 heterocycles. The number of nitrogens with one attached hydrogen (secondary N) is 2. The first-order valence-electron chi connectivity index (χ1n) is 13.9. The molecule has 0 bridgehead atoms. The van der Waals surface area contributed by atoms with Crippen molar-refractivity contribution in [2.24, 2.45) is 0 Å². The van der Waals surface area contributed by atoms with E-state index in [2.05, 4.69) is 15.6 Å². The maximum Gasteiger partial charge on any atom is 0.268 e. The predicted molar refractivity (Wildman–Crippen MR) is 173 cm³/mol. The number of hydrogen-bond donors (Lipinski definition) is 2. The molecule has 13 heteroatoms. The summed E-state index contributed by atoms with van der Waals surface area (Å²) in [6.45, 7) is 0.589. The number of thiophene rings is 1. The van der Waals surface area contributed by atoms with Crippen molar-refractivity contribution in [3.05, 3.63) is 114 Å². The van der Waals surface area contributed by atoms with Crippen LogP contribution in [0, 0.1) is 0 Å². The largest absolute Gasteiger partial charge is 0.443 e. The van der Waals surface area contributed by atoms with Crippen LogP contribution in [0.2, 0.25) is 0 Å². The molecule has 0 unspecified atom stereocenters. The van der Waals surface area contributed by atoms with Gasteiger partial charge in [0.25, 0.3) is 11.8 Å². The van der Waals surface area contributed by atoms with Crippen molar-refractivity contribution in [1.82, 2.24) is 19.9 Å². The molecule has 2 amide bonds. The highest BCUT2D eigenvalue weighted by atomic mass is 32.2. The monoisotopic (exact) mass is 640 g/mol. The molecule has 0 saturated carbocycles. The number of benzene rings is 3. The lowest BCUT2D eigenvalue weighted by molar-refractivity contribution is 0.0991. The normalized spacial score (nSPS) is 11.5. The topological polar surface area (TPSA) is 139 Å². The van der Waals surface area contributed by atoms with Gasteiger partial charge in [0.15, 0.2) is 22.0 Å². The quantitative estimate of drug-likeness (QED) is 0.182. The molecule has 0 aliphatic rings. The van der Waals surface area contributed by atoms with Crippen molar-refractivity contribution in [3.63, 3.8) is 0 Å². The zero-order valence-corrected chi connectivity index (χ0v) is 25.7. The fourth-order valence-corrected chi connectivity index (χ4v) is 6.75. The highest BCUT2D eigenvalue weighted by Crippen LogP contribution is 2.30. The molecule has 0 spiro atoms. The summed E-state index contributed by atoms with van der Waals surface area (Å²) < 4.78 is 32.6. The Kier molecular flexibility index (Phi) is 8.56. The van der Waals surface area contributed by atoms with Gasteiger partial charge in [-0.25, -0.2) is 18.4 Å². The molecule has 0 saturated heterocycles. The molecule has 6 aromatic rings. The number of carbonyl (C=O) groups excluding carboxylic acids is 2. The SMILES string of the molecule is CN(C(=O)c1ccccc1)c1ccc2c(c1)nc(NC(=O)c1ccc(-c3cnco3)s1)n2CCNCS(=O)(=O)c1ccccc1. The lowest BCUT2D eigenvalue weighted by Gasteiger charge is -2.17. The van der Waals surface area contributed by atoms with Crippen LogP contribution in [0.1, 0.15) is 20.0 Å². The van der Waals surface area contributed by atoms with E-state index in [1.165, 1.54) is 17.7 Å². The molecule has 3 aromatic heterocycles. The second-order valence-corrected chi connectivity index (χ2v) is 13.1. The lowest BCUT2D eigenvalue weighted by atomic mass is 10.2. The Morgan fingerprint density at radius 3 is 2.47 bits per heavy atom. The molecule has 0 aliphatic heterocycles. The van der Waals surface area contributed by atoms with E-state index < -0.39 is 9.84 Å². The highest BCUT2D eigenvalue weighted by Gasteiger charge is 2.20. The fourth-order valence-electron chi connectivity index (χ4n) is 4.74. The number of oxazole rings is 1. The van der Waals surface area contributed by atoms with Gasteiger partial charge in [-0.15, -0.1) is 11.3 Å². The molecular formula is C32H28N6O5S2. The highest BCUT2D eigenvalue weighted by molar-refractivity contribution is 7.91. The Hall–Kier alpha value is -5.11. The van der Waals surface area contributed by atoms with E-state index in [1.807, 2.05) is 34.9 Å². The van der Waals surface area contributed by atoms with Gasteiger partial charge in [0, 0.05) is 31.4 Å². The number of hydrogen-bond acceptors (Lipinski definition) is 9. The average Bonchev–Trinajstić information content (AvgIpc) is 3.84. The van der Waals surface area contributed by atoms with Crippen LogP contribution in [0.5, 0.6) is 0 Å². The summed E-state index contributed by atoms with van der Waals surface area (Å²) in [5.41, 5.74) is 2.44. The van der Waals surface area contributed by atoms with E-state index in [1.54, 1.807) is 78.8 Å². The first-order valence-corrected chi connectivity index (χ1v) is 16.4. The van der Waals surface area contributed by atoms with Crippen molar-refractivity contribution in [3.8, 4) is 10.6 Å². The van der Waals surface area contributed by atoms with Gasteiger partial charge in [-0.05, 0) is 54.6 Å². The third-order valence-corrected chi connectivity index (χ3v) is 9.75. The number of sulfone groups is 1. The fraction of sp³-hybridized carbons (Fsp3) is 0.125. The van der Waals surface area contributed by atoms with Gasteiger partial charge in [-0.3, -0.25) is 14.9 Å². The lowest BCUT2D eigenvalue weighted by Crippen LogP contribution is -2.27. The minimum absolute atomic E-state index is 0.174. The van der Waals surface area contributed by atoms with Gasteiger partial charge in [0.1, 0.15) is 5.88 Å². The summed E-state index contributed by atoms with van der Waals surface area (Å²) in [4.78, 5) is 38.0. The van der Waals surface area contributed by atoms with Crippen molar-refractivity contribution < 1.29 is 22.4 Å². The molecule has 0 fully saturated rings. The molecule has 0 aliphatic carbocycles. The Morgan fingerprint density at radius 2 is 1.73 bits per heavy atom. The number of nitrogens with zero attached hydrogens (tertiary/aromatic N) is 4. The van der Waals surface area contributed by atoms with Crippen LogP contribution < -0.4 is 15.5 Å². The molecule has 3 aromatic carbocycles. The van der Waals surface area contributed by atoms with E-state index in [0.717, 1.165) is 4.88 Å². The predicted octanol–water partition coefficient (Wildman–Crippen LogP) is 5.30. The van der Waals surface area contributed by atoms with Crippen LogP contribution in [0.4, 0.5) is 11.6 Å². The molecule has 2 N–H and O–H groups in total. The van der Waals surface area contributed by atoms with Crippen molar-refractivity contribution in [2.75, 3.05) is 29.7 Å². The van der Waals surface area contributed by atoms with E-state index in [9.17, 15) is 18.0 Å². The van der Waals surface area contributed by atoms with Crippen molar-refractivity contribution in [1.29, 1.82) is 0 Å². The second kappa shape index (κ2) is 12.9. The molecule has 6 rings (SSSR count). The number of anilines is 2. The van der Waals surface area contributed by atoms with Gasteiger partial charge < -0.3 is 19.2 Å². The Balaban J connectivity index is 1.25. The Labute approximate surface area is 263 Å². The summed E-state index contributed by atoms with van der Waals surface area (Å²) in [5.74, 6) is 0.0585. The number of rotatable bonds is 11. The first kappa shape index (κ1) is 29.9. The van der Waals surface area contributed by atoms with E-state index in [0.29, 0.717) is 39.5 Å². The number of amides is 2. The van der Waals surface area contributed by atoms with Gasteiger partial charge in [-0.2, -0.15) is 0 Å². The molecule has 0 radical (unpaired) electrons. The second-order valence-electron chi connectivity index (χ2n) is 10.0. The van der Waals surface area contributed by atoms with Crippen LogP contribution in [-0.2, 0) is 16.4 Å². The van der Waals surface area contributed by atoms with E-state index in [4.69, 9.17) is 9.40 Å². The molecule has 0 atom stereocenters. The number of imidazole rings is 1. The van der Waals surface area contributed by atoms with Crippen molar-refractivity contribution >= 4 is 55.7 Å². The van der Waals surface area contributed by atoms with Crippen LogP contribution in [0.25, 0.3) is 21.7 Å². The number of carbonyl (C=O) groups is 2. The minimum atomic E-state index is -3.53. The standard InChI is InChI=1S/C32H28N6O5S2/c1-37(31(40)22-8-4-2-5-9-22)23-12-13-26-25(18-23)35-32(36-30(39)29-15-14-28(44-29)27-19-34-20-43-27)38(26)17-16-33-21-45(41,42)24-10-6-3-7-11-24/h2-15,18-20,33H,16-17,21H2,1H3,(H,35,36,39). The smallest absolute Gasteiger partial charge is 0.268 e. The van der Waals surface area contributed by atoms with Crippen LogP contribution in [-0.4, -0.2) is 54.2 Å². The van der Waals surface area contributed by atoms with Gasteiger partial charge >= 0.3 is 0 Å². The summed E-state index contributed by atoms with van der Waals surface area (Å²) in [5, 5.41) is 5.91. The number of fused-ring (bicyclic) bond motifs is 1. The molecule has 45 heavy (non-hydrogen) atoms. The van der Waals surface area contributed by atoms with Gasteiger partial charge in [0.05, 0.1) is 31.9 Å². The summed E-state index contributed by atoms with van der Waals surface area (Å²) in [7, 11) is -1.83. The summed E-state index contributed by atoms with van der Waals surface area (Å²) in [6.07, 6.45) is 2.91. The van der Waals surface area contributed by atoms with Gasteiger partial charge in [0.2, 0.25) is 5.95 Å². The maximum atomic E-state index is 13.3.